The molecule has 1 unspecified atom stereocenters. The highest BCUT2D eigenvalue weighted by molar-refractivity contribution is 7.88. The van der Waals surface area contributed by atoms with Gasteiger partial charge in [0.15, 0.2) is 0 Å². The molecular weight excluding hydrogens is 423 g/mol. The molecule has 144 valence electrons. The number of para-hydroxylation sites is 1. The molecule has 0 aliphatic carbocycles. The molecule has 3 aromatic carbocycles. The average Bonchev–Trinajstić information content (AvgIpc) is 3.18. The van der Waals surface area contributed by atoms with Gasteiger partial charge >= 0.3 is 0 Å². The molecule has 6 heteroatoms. The van der Waals surface area contributed by atoms with E-state index < -0.39 is 10.8 Å². The summed E-state index contributed by atoms with van der Waals surface area (Å²) < 4.78 is 14.4. The van der Waals surface area contributed by atoms with E-state index in [-0.39, 0.29) is 0 Å². The highest BCUT2D eigenvalue weighted by Gasteiger charge is 2.11. The molecular formula is C23H16Cl2N2OS. The van der Waals surface area contributed by atoms with E-state index in [2.05, 4.69) is 0 Å². The van der Waals surface area contributed by atoms with Crippen LogP contribution in [0.15, 0.2) is 95.4 Å². The minimum atomic E-state index is -1.29. The van der Waals surface area contributed by atoms with Crippen molar-refractivity contribution in [3.05, 3.63) is 106 Å². The molecule has 0 saturated heterocycles. The average molecular weight is 439 g/mol. The lowest BCUT2D eigenvalue weighted by molar-refractivity contribution is 0.688. The summed E-state index contributed by atoms with van der Waals surface area (Å²) >= 11 is 11.9. The van der Waals surface area contributed by atoms with E-state index in [1.807, 2.05) is 71.6 Å². The first-order chi connectivity index (χ1) is 14.1. The fourth-order valence-electron chi connectivity index (χ4n) is 2.84. The molecule has 0 spiro atoms. The summed E-state index contributed by atoms with van der Waals surface area (Å²) in [5.74, 6) is 0. The van der Waals surface area contributed by atoms with Crippen LogP contribution in [0.3, 0.4) is 0 Å². The summed E-state index contributed by atoms with van der Waals surface area (Å²) in [6, 6.07) is 24.3. The molecule has 4 rings (SSSR count). The van der Waals surface area contributed by atoms with Crippen molar-refractivity contribution in [3.8, 4) is 16.9 Å². The van der Waals surface area contributed by atoms with E-state index in [0.717, 1.165) is 22.5 Å². The van der Waals surface area contributed by atoms with Crippen LogP contribution in [0, 0.1) is 0 Å². The third kappa shape index (κ3) is 4.67. The van der Waals surface area contributed by atoms with Crippen molar-refractivity contribution in [1.82, 2.24) is 9.78 Å². The first-order valence-electron chi connectivity index (χ1n) is 8.85. The summed E-state index contributed by atoms with van der Waals surface area (Å²) in [6.07, 6.45) is 3.76. The third-order valence-corrected chi connectivity index (χ3v) is 5.92. The molecule has 4 aromatic rings. The minimum absolute atomic E-state index is 0.615. The van der Waals surface area contributed by atoms with Crippen molar-refractivity contribution < 1.29 is 4.21 Å². The SMILES string of the molecule is O=S(/C=C/c1cn(-c2ccccc2)nc1-c1ccc(Cl)cc1)c1ccc(Cl)cc1. The number of benzene rings is 3. The number of hydrogen-bond acceptors (Lipinski definition) is 2. The molecule has 0 saturated carbocycles. The maximum atomic E-state index is 12.6. The number of nitrogens with zero attached hydrogens (tertiary/aromatic N) is 2. The Morgan fingerprint density at radius 2 is 1.45 bits per heavy atom. The van der Waals surface area contributed by atoms with E-state index in [1.54, 1.807) is 29.7 Å². The second-order valence-electron chi connectivity index (χ2n) is 6.27. The van der Waals surface area contributed by atoms with Crippen molar-refractivity contribution >= 4 is 40.1 Å². The van der Waals surface area contributed by atoms with E-state index in [0.29, 0.717) is 14.9 Å². The van der Waals surface area contributed by atoms with Gasteiger partial charge in [-0.15, -0.1) is 0 Å². The lowest BCUT2D eigenvalue weighted by atomic mass is 10.1. The van der Waals surface area contributed by atoms with Crippen LogP contribution in [-0.4, -0.2) is 14.0 Å². The predicted octanol–water partition coefficient (Wildman–Crippen LogP) is 6.62. The van der Waals surface area contributed by atoms with Crippen LogP contribution in [0.4, 0.5) is 0 Å². The van der Waals surface area contributed by atoms with Crippen molar-refractivity contribution in [2.45, 2.75) is 4.90 Å². The van der Waals surface area contributed by atoms with Crippen LogP contribution in [0.5, 0.6) is 0 Å². The van der Waals surface area contributed by atoms with Crippen molar-refractivity contribution in [1.29, 1.82) is 0 Å². The van der Waals surface area contributed by atoms with Gasteiger partial charge in [-0.05, 0) is 54.6 Å². The maximum Gasteiger partial charge on any atom is 0.1000 e. The van der Waals surface area contributed by atoms with Crippen LogP contribution in [0.1, 0.15) is 5.56 Å². The first kappa shape index (κ1) is 19.6. The lowest BCUT2D eigenvalue weighted by Crippen LogP contribution is -1.93. The molecule has 1 atom stereocenters. The molecule has 0 radical (unpaired) electrons. The highest BCUT2D eigenvalue weighted by Crippen LogP contribution is 2.26. The summed E-state index contributed by atoms with van der Waals surface area (Å²) in [7, 11) is -1.29. The van der Waals surface area contributed by atoms with E-state index >= 15 is 0 Å². The maximum absolute atomic E-state index is 12.6. The van der Waals surface area contributed by atoms with Gasteiger partial charge in [-0.1, -0.05) is 53.5 Å². The number of aromatic nitrogens is 2. The van der Waals surface area contributed by atoms with Crippen molar-refractivity contribution in [2.24, 2.45) is 0 Å². The van der Waals surface area contributed by atoms with Gasteiger partial charge < -0.3 is 0 Å². The Kier molecular flexibility index (Phi) is 5.95. The summed E-state index contributed by atoms with van der Waals surface area (Å²) in [4.78, 5) is 0.689. The molecule has 0 N–H and O–H groups in total. The smallest absolute Gasteiger partial charge is 0.1000 e. The van der Waals surface area contributed by atoms with Crippen LogP contribution in [-0.2, 0) is 10.8 Å². The van der Waals surface area contributed by atoms with Gasteiger partial charge in [0.1, 0.15) is 0 Å². The quantitative estimate of drug-likeness (QED) is 0.350. The molecule has 1 heterocycles. The van der Waals surface area contributed by atoms with Crippen molar-refractivity contribution in [3.63, 3.8) is 0 Å². The van der Waals surface area contributed by atoms with Crippen LogP contribution >= 0.6 is 23.2 Å². The van der Waals surface area contributed by atoms with Gasteiger partial charge in [0.2, 0.25) is 0 Å². The number of halogens is 2. The first-order valence-corrected chi connectivity index (χ1v) is 10.8. The predicted molar refractivity (Wildman–Crippen MR) is 121 cm³/mol. The number of rotatable bonds is 5. The standard InChI is InChI=1S/C23H16Cl2N2OS/c24-19-8-6-17(7-9-19)23-18(16-27(26-23)21-4-2-1-3-5-21)14-15-29(28)22-12-10-20(25)11-13-22/h1-16H/b15-14+. The minimum Gasteiger partial charge on any atom is -0.250 e. The molecule has 0 fully saturated rings. The van der Waals surface area contributed by atoms with Gasteiger partial charge in [-0.2, -0.15) is 5.10 Å². The Bertz CT molecular complexity index is 1170. The molecule has 3 nitrogen and oxygen atoms in total. The second kappa shape index (κ2) is 8.78. The Hall–Kier alpha value is -2.66. The van der Waals surface area contributed by atoms with Crippen LogP contribution in [0.25, 0.3) is 23.0 Å². The molecule has 0 bridgehead atoms. The van der Waals surface area contributed by atoms with E-state index in [4.69, 9.17) is 28.3 Å². The van der Waals surface area contributed by atoms with E-state index in [1.165, 1.54) is 0 Å². The Balaban J connectivity index is 1.72. The summed E-state index contributed by atoms with van der Waals surface area (Å²) in [5, 5.41) is 7.69. The summed E-state index contributed by atoms with van der Waals surface area (Å²) in [6.45, 7) is 0. The zero-order valence-electron chi connectivity index (χ0n) is 15.2. The zero-order valence-corrected chi connectivity index (χ0v) is 17.5. The van der Waals surface area contributed by atoms with Gasteiger partial charge in [-0.25, -0.2) is 8.89 Å². The molecule has 0 amide bonds. The topological polar surface area (TPSA) is 34.9 Å². The van der Waals surface area contributed by atoms with Gasteiger partial charge in [0.05, 0.1) is 22.2 Å². The lowest BCUT2D eigenvalue weighted by Gasteiger charge is -2.01. The van der Waals surface area contributed by atoms with Gasteiger partial charge in [0, 0.05) is 37.7 Å². The normalized spacial score (nSPS) is 12.3. The van der Waals surface area contributed by atoms with Crippen molar-refractivity contribution in [2.75, 3.05) is 0 Å². The third-order valence-electron chi connectivity index (χ3n) is 4.30. The molecule has 1 aromatic heterocycles. The molecule has 0 aliphatic rings. The van der Waals surface area contributed by atoms with E-state index in [9.17, 15) is 4.21 Å². The largest absolute Gasteiger partial charge is 0.250 e. The molecule has 0 aliphatic heterocycles. The van der Waals surface area contributed by atoms with Gasteiger partial charge in [-0.3, -0.25) is 0 Å². The Morgan fingerprint density at radius 1 is 0.828 bits per heavy atom. The fourth-order valence-corrected chi connectivity index (χ4v) is 3.92. The van der Waals surface area contributed by atoms with Gasteiger partial charge in [0.25, 0.3) is 0 Å². The summed E-state index contributed by atoms with van der Waals surface area (Å²) in [5.41, 5.74) is 3.52. The number of hydrogen-bond donors (Lipinski definition) is 0. The fraction of sp³-hybridized carbons (Fsp3) is 0. The highest BCUT2D eigenvalue weighted by atomic mass is 35.5. The molecule has 29 heavy (non-hydrogen) atoms. The Morgan fingerprint density at radius 3 is 2.10 bits per heavy atom. The van der Waals surface area contributed by atoms with Crippen LogP contribution in [0.2, 0.25) is 10.0 Å². The Labute approximate surface area is 181 Å². The zero-order chi connectivity index (χ0) is 20.2. The monoisotopic (exact) mass is 438 g/mol. The second-order valence-corrected chi connectivity index (χ2v) is 8.49. The van der Waals surface area contributed by atoms with Crippen LogP contribution < -0.4 is 0 Å².